The molecule has 0 amide bonds. The molecular weight excluding hydrogens is 294 g/mol. The maximum Gasteiger partial charge on any atom is 0.242 e. The molecule has 0 spiro atoms. The van der Waals surface area contributed by atoms with Crippen LogP contribution in [-0.4, -0.2) is 13.4 Å². The average Bonchev–Trinajstić information content (AvgIpc) is 2.80. The maximum absolute atomic E-state index is 12.4. The van der Waals surface area contributed by atoms with Gasteiger partial charge in [0.1, 0.15) is 4.90 Å². The fraction of sp³-hybridized carbons (Fsp3) is 0.308. The van der Waals surface area contributed by atoms with Gasteiger partial charge in [0, 0.05) is 17.6 Å². The highest BCUT2D eigenvalue weighted by atomic mass is 32.2. The molecule has 0 unspecified atom stereocenters. The van der Waals surface area contributed by atoms with Gasteiger partial charge in [0.05, 0.1) is 12.2 Å². The third kappa shape index (κ3) is 3.06. The second-order valence-corrected chi connectivity index (χ2v) is 7.13. The van der Waals surface area contributed by atoms with Crippen LogP contribution in [0.15, 0.2) is 28.6 Å². The predicted molar refractivity (Wildman–Crippen MR) is 79.9 cm³/mol. The van der Waals surface area contributed by atoms with Crippen LogP contribution in [0.1, 0.15) is 21.7 Å². The first-order valence-electron chi connectivity index (χ1n) is 6.13. The van der Waals surface area contributed by atoms with Crippen LogP contribution < -0.4 is 10.5 Å². The Balaban J connectivity index is 2.24. The van der Waals surface area contributed by atoms with E-state index in [9.17, 15) is 8.42 Å². The standard InChI is InChI=1S/C13H17N3O2S2/c1-9-4-3-5-15-11(9)7-16-20(17,18)13-10(2)8-19-12(13)6-14/h3-5,8,16H,6-7,14H2,1-2H3. The molecule has 2 heterocycles. The number of sulfonamides is 1. The summed E-state index contributed by atoms with van der Waals surface area (Å²) >= 11 is 1.37. The van der Waals surface area contributed by atoms with E-state index >= 15 is 0 Å². The molecule has 0 aliphatic rings. The molecule has 0 atom stereocenters. The number of thiophene rings is 1. The molecule has 0 saturated heterocycles. The van der Waals surface area contributed by atoms with Gasteiger partial charge in [0.25, 0.3) is 0 Å². The highest BCUT2D eigenvalue weighted by Crippen LogP contribution is 2.26. The Labute approximate surface area is 122 Å². The molecule has 0 aromatic carbocycles. The molecule has 0 aliphatic carbocycles. The molecule has 0 bridgehead atoms. The van der Waals surface area contributed by atoms with Crippen molar-refractivity contribution in [2.75, 3.05) is 0 Å². The number of aromatic nitrogens is 1. The number of rotatable bonds is 5. The largest absolute Gasteiger partial charge is 0.326 e. The van der Waals surface area contributed by atoms with Gasteiger partial charge in [-0.3, -0.25) is 4.98 Å². The van der Waals surface area contributed by atoms with Crippen molar-refractivity contribution in [1.29, 1.82) is 0 Å². The van der Waals surface area contributed by atoms with Gasteiger partial charge in [-0.15, -0.1) is 11.3 Å². The Hall–Kier alpha value is -1.28. The van der Waals surface area contributed by atoms with Crippen LogP contribution in [0.5, 0.6) is 0 Å². The SMILES string of the molecule is Cc1cccnc1CNS(=O)(=O)c1c(C)csc1CN. The molecule has 5 nitrogen and oxygen atoms in total. The molecule has 3 N–H and O–H groups in total. The van der Waals surface area contributed by atoms with E-state index in [1.807, 2.05) is 24.4 Å². The monoisotopic (exact) mass is 311 g/mol. The van der Waals surface area contributed by atoms with Gasteiger partial charge >= 0.3 is 0 Å². The summed E-state index contributed by atoms with van der Waals surface area (Å²) in [5.74, 6) is 0. The molecule has 0 saturated carbocycles. The smallest absolute Gasteiger partial charge is 0.242 e. The van der Waals surface area contributed by atoms with Crippen molar-refractivity contribution in [2.24, 2.45) is 5.73 Å². The average molecular weight is 311 g/mol. The quantitative estimate of drug-likeness (QED) is 0.880. The Bertz CT molecular complexity index is 708. The van der Waals surface area contributed by atoms with Gasteiger partial charge in [-0.2, -0.15) is 0 Å². The summed E-state index contributed by atoms with van der Waals surface area (Å²) in [6.07, 6.45) is 1.65. The van der Waals surface area contributed by atoms with Crippen LogP contribution in [-0.2, 0) is 23.1 Å². The van der Waals surface area contributed by atoms with E-state index in [2.05, 4.69) is 9.71 Å². The molecule has 2 aromatic heterocycles. The molecular formula is C13H17N3O2S2. The van der Waals surface area contributed by atoms with E-state index < -0.39 is 10.0 Å². The van der Waals surface area contributed by atoms with Crippen molar-refractivity contribution in [2.45, 2.75) is 31.8 Å². The lowest BCUT2D eigenvalue weighted by Gasteiger charge is -2.09. The highest BCUT2D eigenvalue weighted by Gasteiger charge is 2.22. The van der Waals surface area contributed by atoms with Gasteiger partial charge in [-0.05, 0) is 36.4 Å². The van der Waals surface area contributed by atoms with E-state index in [1.165, 1.54) is 11.3 Å². The third-order valence-electron chi connectivity index (χ3n) is 2.99. The van der Waals surface area contributed by atoms with Crippen molar-refractivity contribution >= 4 is 21.4 Å². The molecule has 0 fully saturated rings. The summed E-state index contributed by atoms with van der Waals surface area (Å²) in [6, 6.07) is 3.72. The van der Waals surface area contributed by atoms with Gasteiger partial charge in [0.2, 0.25) is 10.0 Å². The molecule has 20 heavy (non-hydrogen) atoms. The Kier molecular flexibility index (Phi) is 4.54. The lowest BCUT2D eigenvalue weighted by molar-refractivity contribution is 0.579. The highest BCUT2D eigenvalue weighted by molar-refractivity contribution is 7.89. The van der Waals surface area contributed by atoms with Crippen LogP contribution in [0.25, 0.3) is 0 Å². The number of nitrogens with one attached hydrogen (secondary N) is 1. The summed E-state index contributed by atoms with van der Waals surface area (Å²) < 4.78 is 27.4. The van der Waals surface area contributed by atoms with E-state index in [1.54, 1.807) is 13.1 Å². The third-order valence-corrected chi connectivity index (χ3v) is 5.88. The Morgan fingerprint density at radius 3 is 2.75 bits per heavy atom. The first kappa shape index (κ1) is 15.1. The number of pyridine rings is 1. The number of nitrogens with two attached hydrogens (primary N) is 1. The van der Waals surface area contributed by atoms with Crippen molar-refractivity contribution in [3.05, 3.63) is 45.4 Å². The molecule has 2 rings (SSSR count). The summed E-state index contributed by atoms with van der Waals surface area (Å²) in [4.78, 5) is 5.16. The van der Waals surface area contributed by atoms with Crippen molar-refractivity contribution in [1.82, 2.24) is 9.71 Å². The first-order valence-corrected chi connectivity index (χ1v) is 8.49. The number of hydrogen-bond acceptors (Lipinski definition) is 5. The lowest BCUT2D eigenvalue weighted by Crippen LogP contribution is -2.25. The van der Waals surface area contributed by atoms with Crippen LogP contribution in [0.3, 0.4) is 0 Å². The van der Waals surface area contributed by atoms with Crippen molar-refractivity contribution in [3.63, 3.8) is 0 Å². The van der Waals surface area contributed by atoms with Gasteiger partial charge < -0.3 is 5.73 Å². The molecule has 0 radical (unpaired) electrons. The van der Waals surface area contributed by atoms with Crippen LogP contribution in [0, 0.1) is 13.8 Å². The summed E-state index contributed by atoms with van der Waals surface area (Å²) in [5.41, 5.74) is 8.00. The number of aryl methyl sites for hydroxylation is 2. The second-order valence-electron chi connectivity index (χ2n) is 4.47. The van der Waals surface area contributed by atoms with Crippen LogP contribution in [0.4, 0.5) is 0 Å². The van der Waals surface area contributed by atoms with E-state index in [0.717, 1.165) is 16.8 Å². The molecule has 7 heteroatoms. The zero-order valence-corrected chi connectivity index (χ0v) is 13.0. The number of nitrogens with zero attached hydrogens (tertiary/aromatic N) is 1. The fourth-order valence-electron chi connectivity index (χ4n) is 1.93. The van der Waals surface area contributed by atoms with Gasteiger partial charge in [0.15, 0.2) is 0 Å². The summed E-state index contributed by atoms with van der Waals surface area (Å²) in [5, 5.41) is 1.81. The molecule has 2 aromatic rings. The normalized spacial score (nSPS) is 11.8. The zero-order chi connectivity index (χ0) is 14.8. The number of hydrogen-bond donors (Lipinski definition) is 2. The topological polar surface area (TPSA) is 85.1 Å². The molecule has 0 aliphatic heterocycles. The summed E-state index contributed by atoms with van der Waals surface area (Å²) in [7, 11) is -3.56. The minimum Gasteiger partial charge on any atom is -0.326 e. The first-order chi connectivity index (χ1) is 9.45. The van der Waals surface area contributed by atoms with Gasteiger partial charge in [-0.1, -0.05) is 6.07 Å². The van der Waals surface area contributed by atoms with Crippen molar-refractivity contribution < 1.29 is 8.42 Å². The minimum atomic E-state index is -3.56. The second kappa shape index (κ2) is 6.01. The van der Waals surface area contributed by atoms with Gasteiger partial charge in [-0.25, -0.2) is 13.1 Å². The zero-order valence-electron chi connectivity index (χ0n) is 11.4. The van der Waals surface area contributed by atoms with Crippen LogP contribution >= 0.6 is 11.3 Å². The Morgan fingerprint density at radius 1 is 1.35 bits per heavy atom. The molecule has 108 valence electrons. The van der Waals surface area contributed by atoms with E-state index in [0.29, 0.717) is 9.77 Å². The van der Waals surface area contributed by atoms with Crippen LogP contribution in [0.2, 0.25) is 0 Å². The predicted octanol–water partition coefficient (Wildman–Crippen LogP) is 1.70. The minimum absolute atomic E-state index is 0.175. The Morgan fingerprint density at radius 2 is 2.10 bits per heavy atom. The van der Waals surface area contributed by atoms with E-state index in [4.69, 9.17) is 5.73 Å². The van der Waals surface area contributed by atoms with Crippen molar-refractivity contribution in [3.8, 4) is 0 Å². The maximum atomic E-state index is 12.4. The fourth-order valence-corrected chi connectivity index (χ4v) is 4.61. The van der Waals surface area contributed by atoms with E-state index in [-0.39, 0.29) is 13.1 Å². The summed E-state index contributed by atoms with van der Waals surface area (Å²) in [6.45, 7) is 4.07. The lowest BCUT2D eigenvalue weighted by atomic mass is 10.2.